The van der Waals surface area contributed by atoms with Crippen LogP contribution in [0.3, 0.4) is 0 Å². The van der Waals surface area contributed by atoms with E-state index in [2.05, 4.69) is 21.5 Å². The van der Waals surface area contributed by atoms with E-state index < -0.39 is 0 Å². The van der Waals surface area contributed by atoms with Crippen molar-refractivity contribution < 1.29 is 5.11 Å². The van der Waals surface area contributed by atoms with Gasteiger partial charge in [0, 0.05) is 39.0 Å². The maximum atomic E-state index is 9.22. The van der Waals surface area contributed by atoms with Crippen LogP contribution in [0.4, 0.5) is 0 Å². The topological polar surface area (TPSA) is 41.3 Å². The second-order valence-corrected chi connectivity index (χ2v) is 4.96. The molecule has 1 aliphatic rings. The number of rotatable bonds is 5. The average molecular weight is 223 g/mol. The molecule has 1 aliphatic carbocycles. The molecule has 0 aromatic carbocycles. The third-order valence-corrected chi connectivity index (χ3v) is 3.42. The fraction of sp³-hybridized carbons (Fsp3) is 0.750. The van der Waals surface area contributed by atoms with Crippen LogP contribution in [0.25, 0.3) is 0 Å². The Morgan fingerprint density at radius 3 is 2.88 bits per heavy atom. The third-order valence-electron chi connectivity index (χ3n) is 3.42. The predicted molar refractivity (Wildman–Crippen MR) is 63.1 cm³/mol. The molecule has 16 heavy (non-hydrogen) atoms. The maximum Gasteiger partial charge on any atom is 0.109 e. The van der Waals surface area contributed by atoms with Crippen molar-refractivity contribution in [2.75, 3.05) is 20.1 Å². The van der Waals surface area contributed by atoms with Gasteiger partial charge < -0.3 is 14.6 Å². The summed E-state index contributed by atoms with van der Waals surface area (Å²) in [5.41, 5.74) is 0. The van der Waals surface area contributed by atoms with E-state index in [0.29, 0.717) is 5.92 Å². The number of nitrogens with zero attached hydrogens (tertiary/aromatic N) is 3. The molecule has 1 saturated carbocycles. The van der Waals surface area contributed by atoms with E-state index in [1.807, 2.05) is 19.4 Å². The minimum atomic E-state index is -0.0343. The normalized spacial score (nSPS) is 24.8. The first kappa shape index (κ1) is 11.6. The summed E-state index contributed by atoms with van der Waals surface area (Å²) in [4.78, 5) is 6.65. The van der Waals surface area contributed by atoms with Gasteiger partial charge in [0.2, 0.25) is 0 Å². The van der Waals surface area contributed by atoms with Gasteiger partial charge in [-0.05, 0) is 25.8 Å². The minimum absolute atomic E-state index is 0.0343. The molecule has 1 N–H and O–H groups in total. The van der Waals surface area contributed by atoms with Crippen LogP contribution >= 0.6 is 0 Å². The summed E-state index contributed by atoms with van der Waals surface area (Å²) in [6.45, 7) is 2.14. The van der Waals surface area contributed by atoms with Crippen molar-refractivity contribution in [3.05, 3.63) is 18.2 Å². The lowest BCUT2D eigenvalue weighted by molar-refractivity contribution is 0.0284. The number of hydrogen-bond acceptors (Lipinski definition) is 3. The summed E-state index contributed by atoms with van der Waals surface area (Å²) in [6.07, 6.45) is 6.75. The number of aromatic nitrogens is 2. The van der Waals surface area contributed by atoms with E-state index in [0.717, 1.165) is 38.2 Å². The van der Waals surface area contributed by atoms with Gasteiger partial charge >= 0.3 is 0 Å². The van der Waals surface area contributed by atoms with Gasteiger partial charge in [0.25, 0.3) is 0 Å². The molecule has 0 atom stereocenters. The van der Waals surface area contributed by atoms with E-state index >= 15 is 0 Å². The molecule has 90 valence electrons. The van der Waals surface area contributed by atoms with Gasteiger partial charge in [0.1, 0.15) is 5.82 Å². The first-order valence-corrected chi connectivity index (χ1v) is 5.98. The zero-order valence-corrected chi connectivity index (χ0v) is 10.1. The standard InChI is InChI=1S/C12H21N3O/c1-14(9-10-7-11(16)8-10)5-3-12-13-4-6-15(12)2/h4,6,10-11,16H,3,5,7-9H2,1-2H3. The highest BCUT2D eigenvalue weighted by atomic mass is 16.3. The highest BCUT2D eigenvalue weighted by Crippen LogP contribution is 2.27. The molecule has 0 radical (unpaired) electrons. The molecule has 0 spiro atoms. The molecule has 0 aliphatic heterocycles. The summed E-state index contributed by atoms with van der Waals surface area (Å²) in [6, 6.07) is 0. The smallest absolute Gasteiger partial charge is 0.109 e. The van der Waals surface area contributed by atoms with Crippen LogP contribution in [0, 0.1) is 5.92 Å². The fourth-order valence-corrected chi connectivity index (χ4v) is 2.31. The van der Waals surface area contributed by atoms with Crippen molar-refractivity contribution in [1.82, 2.24) is 14.5 Å². The summed E-state index contributed by atoms with van der Waals surface area (Å²) in [7, 11) is 4.18. The molecule has 0 saturated heterocycles. The molecule has 0 bridgehead atoms. The van der Waals surface area contributed by atoms with Crippen LogP contribution in [0.15, 0.2) is 12.4 Å². The van der Waals surface area contributed by atoms with E-state index in [9.17, 15) is 5.11 Å². The van der Waals surface area contributed by atoms with Gasteiger partial charge in [-0.15, -0.1) is 0 Å². The SMILES string of the molecule is CN(CCc1nccn1C)CC1CC(O)C1. The summed E-state index contributed by atoms with van der Waals surface area (Å²) < 4.78 is 2.07. The van der Waals surface area contributed by atoms with E-state index in [-0.39, 0.29) is 6.10 Å². The number of imidazole rings is 1. The summed E-state index contributed by atoms with van der Waals surface area (Å²) in [5, 5.41) is 9.22. The molecular weight excluding hydrogens is 202 g/mol. The number of likely N-dealkylation sites (N-methyl/N-ethyl adjacent to an activating group) is 1. The Morgan fingerprint density at radius 1 is 1.56 bits per heavy atom. The summed E-state index contributed by atoms with van der Waals surface area (Å²) in [5.74, 6) is 1.84. The van der Waals surface area contributed by atoms with Crippen LogP contribution < -0.4 is 0 Å². The molecule has 4 heteroatoms. The van der Waals surface area contributed by atoms with Crippen molar-refractivity contribution >= 4 is 0 Å². The lowest BCUT2D eigenvalue weighted by Crippen LogP contribution is -2.37. The first-order chi connectivity index (χ1) is 7.65. The fourth-order valence-electron chi connectivity index (χ4n) is 2.31. The largest absolute Gasteiger partial charge is 0.393 e. The maximum absolute atomic E-state index is 9.22. The van der Waals surface area contributed by atoms with Gasteiger partial charge in [0.15, 0.2) is 0 Å². The van der Waals surface area contributed by atoms with Gasteiger partial charge in [0.05, 0.1) is 6.10 Å². The van der Waals surface area contributed by atoms with Crippen molar-refractivity contribution in [1.29, 1.82) is 0 Å². The van der Waals surface area contributed by atoms with E-state index in [1.165, 1.54) is 0 Å². The Morgan fingerprint density at radius 2 is 2.31 bits per heavy atom. The van der Waals surface area contributed by atoms with Crippen molar-refractivity contribution in [3.63, 3.8) is 0 Å². The van der Waals surface area contributed by atoms with Gasteiger partial charge in [-0.3, -0.25) is 0 Å². The Labute approximate surface area is 96.9 Å². The van der Waals surface area contributed by atoms with Crippen molar-refractivity contribution in [3.8, 4) is 0 Å². The number of hydrogen-bond donors (Lipinski definition) is 1. The highest BCUT2D eigenvalue weighted by Gasteiger charge is 2.27. The molecule has 1 heterocycles. The van der Waals surface area contributed by atoms with Crippen molar-refractivity contribution in [2.24, 2.45) is 13.0 Å². The Kier molecular flexibility index (Phi) is 3.61. The predicted octanol–water partition coefficient (Wildman–Crippen LogP) is 0.665. The van der Waals surface area contributed by atoms with Gasteiger partial charge in [-0.1, -0.05) is 0 Å². The first-order valence-electron chi connectivity index (χ1n) is 5.98. The molecular formula is C12H21N3O. The zero-order chi connectivity index (χ0) is 11.5. The Bertz CT molecular complexity index is 331. The molecule has 0 unspecified atom stereocenters. The highest BCUT2D eigenvalue weighted by molar-refractivity contribution is 4.92. The van der Waals surface area contributed by atoms with Crippen LogP contribution in [-0.2, 0) is 13.5 Å². The minimum Gasteiger partial charge on any atom is -0.393 e. The van der Waals surface area contributed by atoms with Crippen molar-refractivity contribution in [2.45, 2.75) is 25.4 Å². The average Bonchev–Trinajstić information content (AvgIpc) is 2.59. The Hall–Kier alpha value is -0.870. The monoisotopic (exact) mass is 223 g/mol. The number of aliphatic hydroxyl groups is 1. The van der Waals surface area contributed by atoms with E-state index in [1.54, 1.807) is 0 Å². The quantitative estimate of drug-likeness (QED) is 0.797. The van der Waals surface area contributed by atoms with Gasteiger partial charge in [-0.25, -0.2) is 4.98 Å². The van der Waals surface area contributed by atoms with Crippen LogP contribution in [0.1, 0.15) is 18.7 Å². The molecule has 0 amide bonds. The van der Waals surface area contributed by atoms with Gasteiger partial charge in [-0.2, -0.15) is 0 Å². The third kappa shape index (κ3) is 2.83. The van der Waals surface area contributed by atoms with Crippen LogP contribution in [-0.4, -0.2) is 45.8 Å². The molecule has 4 nitrogen and oxygen atoms in total. The molecule has 1 aromatic rings. The van der Waals surface area contributed by atoms with E-state index in [4.69, 9.17) is 0 Å². The summed E-state index contributed by atoms with van der Waals surface area (Å²) >= 11 is 0. The number of aryl methyl sites for hydroxylation is 1. The second-order valence-electron chi connectivity index (χ2n) is 4.96. The lowest BCUT2D eigenvalue weighted by Gasteiger charge is -2.34. The number of aliphatic hydroxyl groups excluding tert-OH is 1. The molecule has 2 rings (SSSR count). The van der Waals surface area contributed by atoms with Crippen LogP contribution in [0.2, 0.25) is 0 Å². The zero-order valence-electron chi connectivity index (χ0n) is 10.1. The molecule has 1 aromatic heterocycles. The second kappa shape index (κ2) is 4.97. The van der Waals surface area contributed by atoms with Crippen LogP contribution in [0.5, 0.6) is 0 Å². The lowest BCUT2D eigenvalue weighted by atomic mass is 9.82. The molecule has 1 fully saturated rings. The Balaban J connectivity index is 1.68.